The van der Waals surface area contributed by atoms with Crippen molar-refractivity contribution in [2.45, 2.75) is 45.1 Å². The summed E-state index contributed by atoms with van der Waals surface area (Å²) in [6.07, 6.45) is 5.54. The Morgan fingerprint density at radius 1 is 1.23 bits per heavy atom. The van der Waals surface area contributed by atoms with Gasteiger partial charge < -0.3 is 15.1 Å². The number of carbonyl (C=O) groups is 2. The summed E-state index contributed by atoms with van der Waals surface area (Å²) in [4.78, 5) is 42.5. The lowest BCUT2D eigenvalue weighted by Gasteiger charge is -2.33. The molecule has 4 heterocycles. The highest BCUT2D eigenvalue weighted by molar-refractivity contribution is 5.89. The van der Waals surface area contributed by atoms with Crippen molar-refractivity contribution in [1.29, 1.82) is 0 Å². The van der Waals surface area contributed by atoms with Crippen LogP contribution >= 0.6 is 0 Å². The highest BCUT2D eigenvalue weighted by Gasteiger charge is 2.38. The van der Waals surface area contributed by atoms with Gasteiger partial charge in [0.15, 0.2) is 5.82 Å². The van der Waals surface area contributed by atoms with E-state index in [0.717, 1.165) is 29.9 Å². The number of nitrogens with zero attached hydrogens (tertiary/aromatic N) is 5. The van der Waals surface area contributed by atoms with Crippen LogP contribution in [-0.4, -0.2) is 69.3 Å². The van der Waals surface area contributed by atoms with Crippen molar-refractivity contribution in [1.82, 2.24) is 24.8 Å². The largest absolute Gasteiger partial charge is 0.373 e. The number of piperidine rings is 1. The summed E-state index contributed by atoms with van der Waals surface area (Å²) in [5.41, 5.74) is 1.88. The number of amides is 2. The standard InChI is InChI=1S/C23H30N6O2/c1-15(2)29-14-18(11-21(29)30)23(31)28-9-6-16(7-10-28)19-12-20(24-3)27-22(26-19)17-5-4-8-25-13-17/h4-5,8,12-13,15-16,18H,6-7,9-11,14H2,1-3H3,(H,24,26,27)/t18-/m0/s1. The van der Waals surface area contributed by atoms with Crippen LogP contribution in [0.1, 0.15) is 44.7 Å². The summed E-state index contributed by atoms with van der Waals surface area (Å²) in [5, 5.41) is 3.13. The Morgan fingerprint density at radius 2 is 2.00 bits per heavy atom. The van der Waals surface area contributed by atoms with Crippen molar-refractivity contribution >= 4 is 17.6 Å². The van der Waals surface area contributed by atoms with Crippen LogP contribution in [0.25, 0.3) is 11.4 Å². The van der Waals surface area contributed by atoms with E-state index in [1.54, 1.807) is 12.4 Å². The van der Waals surface area contributed by atoms with Gasteiger partial charge in [-0.05, 0) is 38.8 Å². The van der Waals surface area contributed by atoms with E-state index in [1.807, 2.05) is 48.9 Å². The van der Waals surface area contributed by atoms with Crippen LogP contribution in [0.5, 0.6) is 0 Å². The van der Waals surface area contributed by atoms with Gasteiger partial charge in [0.25, 0.3) is 0 Å². The van der Waals surface area contributed by atoms with E-state index in [1.165, 1.54) is 0 Å². The quantitative estimate of drug-likeness (QED) is 0.796. The monoisotopic (exact) mass is 422 g/mol. The molecule has 0 radical (unpaired) electrons. The van der Waals surface area contributed by atoms with Gasteiger partial charge in [-0.2, -0.15) is 0 Å². The first-order valence-corrected chi connectivity index (χ1v) is 11.0. The van der Waals surface area contributed by atoms with Crippen molar-refractivity contribution in [3.05, 3.63) is 36.3 Å². The second-order valence-corrected chi connectivity index (χ2v) is 8.63. The molecule has 0 aliphatic carbocycles. The summed E-state index contributed by atoms with van der Waals surface area (Å²) < 4.78 is 0. The highest BCUT2D eigenvalue weighted by atomic mass is 16.2. The smallest absolute Gasteiger partial charge is 0.227 e. The first-order chi connectivity index (χ1) is 15.0. The maximum Gasteiger partial charge on any atom is 0.227 e. The molecule has 4 rings (SSSR count). The maximum absolute atomic E-state index is 13.0. The van der Waals surface area contributed by atoms with Crippen molar-refractivity contribution in [3.63, 3.8) is 0 Å². The molecule has 1 N–H and O–H groups in total. The second kappa shape index (κ2) is 8.99. The molecule has 2 fully saturated rings. The molecular weight excluding hydrogens is 392 g/mol. The molecule has 2 saturated heterocycles. The summed E-state index contributed by atoms with van der Waals surface area (Å²) in [5.74, 6) is 1.70. The Labute approximate surface area is 183 Å². The first kappa shape index (κ1) is 21.2. The fourth-order valence-corrected chi connectivity index (χ4v) is 4.48. The molecule has 2 aliphatic heterocycles. The Bertz CT molecular complexity index is 940. The highest BCUT2D eigenvalue weighted by Crippen LogP contribution is 2.31. The van der Waals surface area contributed by atoms with E-state index in [0.29, 0.717) is 31.9 Å². The van der Waals surface area contributed by atoms with Gasteiger partial charge >= 0.3 is 0 Å². The molecule has 0 saturated carbocycles. The molecule has 164 valence electrons. The van der Waals surface area contributed by atoms with Crippen molar-refractivity contribution in [2.24, 2.45) is 5.92 Å². The minimum absolute atomic E-state index is 0.0896. The van der Waals surface area contributed by atoms with Gasteiger partial charge in [-0.1, -0.05) is 0 Å². The Kier molecular flexibility index (Phi) is 6.15. The van der Waals surface area contributed by atoms with Crippen molar-refractivity contribution in [2.75, 3.05) is 32.0 Å². The zero-order chi connectivity index (χ0) is 22.0. The predicted molar refractivity (Wildman–Crippen MR) is 118 cm³/mol. The summed E-state index contributed by atoms with van der Waals surface area (Å²) in [6.45, 7) is 5.92. The van der Waals surface area contributed by atoms with Crippen LogP contribution in [0, 0.1) is 5.92 Å². The summed E-state index contributed by atoms with van der Waals surface area (Å²) >= 11 is 0. The molecular formula is C23H30N6O2. The lowest BCUT2D eigenvalue weighted by molar-refractivity contribution is -0.136. The summed E-state index contributed by atoms with van der Waals surface area (Å²) in [7, 11) is 1.85. The molecule has 2 aromatic heterocycles. The van der Waals surface area contributed by atoms with Gasteiger partial charge in [0.05, 0.1) is 5.92 Å². The minimum Gasteiger partial charge on any atom is -0.373 e. The molecule has 2 aromatic rings. The molecule has 8 heteroatoms. The number of pyridine rings is 1. The van der Waals surface area contributed by atoms with Gasteiger partial charge in [-0.25, -0.2) is 9.97 Å². The van der Waals surface area contributed by atoms with E-state index in [9.17, 15) is 9.59 Å². The fourth-order valence-electron chi connectivity index (χ4n) is 4.48. The molecule has 31 heavy (non-hydrogen) atoms. The maximum atomic E-state index is 13.0. The van der Waals surface area contributed by atoms with E-state index in [-0.39, 0.29) is 29.7 Å². The van der Waals surface area contributed by atoms with Crippen LogP contribution < -0.4 is 5.32 Å². The Hall–Kier alpha value is -3.03. The predicted octanol–water partition coefficient (Wildman–Crippen LogP) is 2.54. The third kappa shape index (κ3) is 4.52. The third-order valence-corrected chi connectivity index (χ3v) is 6.28. The van der Waals surface area contributed by atoms with Crippen molar-refractivity contribution in [3.8, 4) is 11.4 Å². The number of nitrogens with one attached hydrogen (secondary N) is 1. The average molecular weight is 423 g/mol. The number of anilines is 1. The molecule has 1 atom stereocenters. The zero-order valence-corrected chi connectivity index (χ0v) is 18.4. The average Bonchev–Trinajstić information content (AvgIpc) is 3.21. The van der Waals surface area contributed by atoms with Gasteiger partial charge in [0.2, 0.25) is 11.8 Å². The molecule has 2 aliphatic rings. The number of carbonyl (C=O) groups excluding carboxylic acids is 2. The van der Waals surface area contributed by atoms with Crippen LogP contribution in [0.4, 0.5) is 5.82 Å². The lowest BCUT2D eigenvalue weighted by Crippen LogP contribution is -2.42. The Morgan fingerprint density at radius 3 is 2.61 bits per heavy atom. The minimum atomic E-state index is -0.210. The number of hydrogen-bond donors (Lipinski definition) is 1. The Balaban J connectivity index is 1.43. The molecule has 2 amide bonds. The summed E-state index contributed by atoms with van der Waals surface area (Å²) in [6, 6.07) is 5.97. The molecule has 8 nitrogen and oxygen atoms in total. The molecule has 0 unspecified atom stereocenters. The second-order valence-electron chi connectivity index (χ2n) is 8.63. The zero-order valence-electron chi connectivity index (χ0n) is 18.4. The normalized spacial score (nSPS) is 19.9. The van der Waals surface area contributed by atoms with E-state index < -0.39 is 0 Å². The number of hydrogen-bond acceptors (Lipinski definition) is 6. The van der Waals surface area contributed by atoms with Gasteiger partial charge in [0, 0.05) is 74.8 Å². The SMILES string of the molecule is CNc1cc(C2CCN(C(=O)[C@H]3CC(=O)N(C(C)C)C3)CC2)nc(-c2cccnc2)n1. The van der Waals surface area contributed by atoms with Gasteiger partial charge in [0.1, 0.15) is 5.82 Å². The molecule has 0 aromatic carbocycles. The first-order valence-electron chi connectivity index (χ1n) is 11.0. The van der Waals surface area contributed by atoms with Crippen LogP contribution in [-0.2, 0) is 9.59 Å². The number of rotatable bonds is 5. The van der Waals surface area contributed by atoms with Gasteiger partial charge in [-0.15, -0.1) is 0 Å². The molecule has 0 bridgehead atoms. The fraction of sp³-hybridized carbons (Fsp3) is 0.522. The van der Waals surface area contributed by atoms with Crippen LogP contribution in [0.15, 0.2) is 30.6 Å². The van der Waals surface area contributed by atoms with E-state index in [4.69, 9.17) is 4.98 Å². The van der Waals surface area contributed by atoms with E-state index in [2.05, 4.69) is 15.3 Å². The van der Waals surface area contributed by atoms with Gasteiger partial charge in [-0.3, -0.25) is 14.6 Å². The topological polar surface area (TPSA) is 91.3 Å². The number of likely N-dealkylation sites (tertiary alicyclic amines) is 2. The van der Waals surface area contributed by atoms with Crippen LogP contribution in [0.2, 0.25) is 0 Å². The molecule has 0 spiro atoms. The third-order valence-electron chi connectivity index (χ3n) is 6.28. The number of aromatic nitrogens is 3. The van der Waals surface area contributed by atoms with E-state index >= 15 is 0 Å². The van der Waals surface area contributed by atoms with Crippen LogP contribution in [0.3, 0.4) is 0 Å². The lowest BCUT2D eigenvalue weighted by atomic mass is 9.92. The van der Waals surface area contributed by atoms with Crippen molar-refractivity contribution < 1.29 is 9.59 Å².